The lowest BCUT2D eigenvalue weighted by atomic mass is 9.95. The van der Waals surface area contributed by atoms with E-state index < -0.39 is 0 Å². The molecular formula is C17H21ClFN3OS. The number of carbonyl (C=O) groups is 1. The Bertz CT molecular complexity index is 722. The highest BCUT2D eigenvalue weighted by atomic mass is 35.5. The predicted molar refractivity (Wildman–Crippen MR) is 98.0 cm³/mol. The van der Waals surface area contributed by atoms with E-state index in [1.54, 1.807) is 19.1 Å². The maximum Gasteiger partial charge on any atom is 0.229 e. The van der Waals surface area contributed by atoms with E-state index in [2.05, 4.69) is 10.3 Å². The third-order valence-electron chi connectivity index (χ3n) is 4.49. The molecule has 1 aromatic heterocycles. The number of aryl methyl sites for hydroxylation is 1. The number of nitrogens with two attached hydrogens (primary N) is 1. The Morgan fingerprint density at radius 1 is 1.46 bits per heavy atom. The molecule has 7 heteroatoms. The summed E-state index contributed by atoms with van der Waals surface area (Å²) in [6, 6.07) is 4.90. The minimum Gasteiger partial charge on any atom is -0.330 e. The first-order valence-corrected chi connectivity index (χ1v) is 8.69. The molecule has 1 heterocycles. The summed E-state index contributed by atoms with van der Waals surface area (Å²) >= 11 is 1.38. The zero-order valence-corrected chi connectivity index (χ0v) is 15.1. The number of amides is 1. The first-order valence-electron chi connectivity index (χ1n) is 7.81. The van der Waals surface area contributed by atoms with Crippen molar-refractivity contribution in [3.05, 3.63) is 35.0 Å². The van der Waals surface area contributed by atoms with Gasteiger partial charge in [0, 0.05) is 16.9 Å². The van der Waals surface area contributed by atoms with Gasteiger partial charge in [0.1, 0.15) is 5.82 Å². The van der Waals surface area contributed by atoms with E-state index >= 15 is 0 Å². The number of anilines is 1. The highest BCUT2D eigenvalue weighted by molar-refractivity contribution is 7.14. The Morgan fingerprint density at radius 3 is 2.96 bits per heavy atom. The molecule has 0 saturated heterocycles. The molecule has 3 N–H and O–H groups in total. The van der Waals surface area contributed by atoms with E-state index in [9.17, 15) is 9.18 Å². The number of hydrogen-bond acceptors (Lipinski definition) is 4. The maximum absolute atomic E-state index is 13.3. The van der Waals surface area contributed by atoms with Gasteiger partial charge in [-0.05, 0) is 56.0 Å². The van der Waals surface area contributed by atoms with Crippen LogP contribution in [0.25, 0.3) is 11.3 Å². The van der Waals surface area contributed by atoms with Crippen molar-refractivity contribution in [3.8, 4) is 11.3 Å². The number of hydrogen-bond donors (Lipinski definition) is 2. The summed E-state index contributed by atoms with van der Waals surface area (Å²) in [7, 11) is 0. The molecule has 2 atom stereocenters. The topological polar surface area (TPSA) is 68.0 Å². The van der Waals surface area contributed by atoms with Crippen molar-refractivity contribution in [2.24, 2.45) is 17.6 Å². The fraction of sp³-hybridized carbons (Fsp3) is 0.412. The van der Waals surface area contributed by atoms with E-state index in [4.69, 9.17) is 5.73 Å². The van der Waals surface area contributed by atoms with Gasteiger partial charge in [-0.3, -0.25) is 4.79 Å². The second-order valence-corrected chi connectivity index (χ2v) is 6.88. The van der Waals surface area contributed by atoms with Crippen LogP contribution >= 0.6 is 23.7 Å². The molecule has 24 heavy (non-hydrogen) atoms. The highest BCUT2D eigenvalue weighted by Crippen LogP contribution is 2.33. The Kier molecular flexibility index (Phi) is 6.32. The van der Waals surface area contributed by atoms with Crippen LogP contribution in [-0.4, -0.2) is 17.4 Å². The molecule has 1 fully saturated rings. The smallest absolute Gasteiger partial charge is 0.229 e. The molecule has 2 aromatic rings. The lowest BCUT2D eigenvalue weighted by molar-refractivity contribution is -0.120. The molecule has 0 spiro atoms. The number of benzene rings is 1. The second-order valence-electron chi connectivity index (χ2n) is 6.02. The summed E-state index contributed by atoms with van der Waals surface area (Å²) in [5.74, 6) is 0.0373. The van der Waals surface area contributed by atoms with Crippen LogP contribution in [0.15, 0.2) is 23.6 Å². The van der Waals surface area contributed by atoms with Crippen LogP contribution in [-0.2, 0) is 4.79 Å². The molecule has 1 aliphatic rings. The van der Waals surface area contributed by atoms with E-state index in [1.807, 2.05) is 5.38 Å². The van der Waals surface area contributed by atoms with Crippen molar-refractivity contribution in [3.63, 3.8) is 0 Å². The molecule has 1 saturated carbocycles. The van der Waals surface area contributed by atoms with Gasteiger partial charge >= 0.3 is 0 Å². The van der Waals surface area contributed by atoms with Crippen molar-refractivity contribution in [1.82, 2.24) is 4.98 Å². The first-order chi connectivity index (χ1) is 11.1. The van der Waals surface area contributed by atoms with Crippen LogP contribution in [0, 0.1) is 24.6 Å². The van der Waals surface area contributed by atoms with Gasteiger partial charge in [-0.25, -0.2) is 9.37 Å². The van der Waals surface area contributed by atoms with E-state index in [0.29, 0.717) is 17.2 Å². The zero-order valence-electron chi connectivity index (χ0n) is 13.4. The van der Waals surface area contributed by atoms with Crippen molar-refractivity contribution in [2.75, 3.05) is 11.9 Å². The molecule has 1 aliphatic carbocycles. The SMILES string of the molecule is Cc1cc(-c2csc(NC(=O)[C@@H]3CCC[C@@H]3CN)n2)ccc1F.Cl. The minimum absolute atomic E-state index is 0. The van der Waals surface area contributed by atoms with Gasteiger partial charge in [-0.15, -0.1) is 23.7 Å². The van der Waals surface area contributed by atoms with Gasteiger partial charge in [-0.2, -0.15) is 0 Å². The summed E-state index contributed by atoms with van der Waals surface area (Å²) in [6.45, 7) is 2.27. The van der Waals surface area contributed by atoms with Gasteiger partial charge in [0.2, 0.25) is 5.91 Å². The molecule has 3 rings (SSSR count). The Balaban J connectivity index is 0.00000208. The largest absolute Gasteiger partial charge is 0.330 e. The lowest BCUT2D eigenvalue weighted by Gasteiger charge is -2.16. The number of rotatable bonds is 4. The number of nitrogens with one attached hydrogen (secondary N) is 1. The molecular weight excluding hydrogens is 349 g/mol. The zero-order chi connectivity index (χ0) is 16.4. The molecule has 0 radical (unpaired) electrons. The van der Waals surface area contributed by atoms with E-state index in [1.165, 1.54) is 17.4 Å². The number of nitrogens with zero attached hydrogens (tertiary/aromatic N) is 1. The highest BCUT2D eigenvalue weighted by Gasteiger charge is 2.32. The molecule has 0 bridgehead atoms. The quantitative estimate of drug-likeness (QED) is 0.856. The van der Waals surface area contributed by atoms with Crippen molar-refractivity contribution in [1.29, 1.82) is 0 Å². The minimum atomic E-state index is -0.230. The van der Waals surface area contributed by atoms with Crippen LogP contribution < -0.4 is 11.1 Å². The predicted octanol–water partition coefficient (Wildman–Crippen LogP) is 3.99. The van der Waals surface area contributed by atoms with Crippen molar-refractivity contribution >= 4 is 34.8 Å². The lowest BCUT2D eigenvalue weighted by Crippen LogP contribution is -2.29. The third-order valence-corrected chi connectivity index (χ3v) is 5.24. The molecule has 130 valence electrons. The monoisotopic (exact) mass is 369 g/mol. The van der Waals surface area contributed by atoms with Gasteiger partial charge in [0.15, 0.2) is 5.13 Å². The second kappa shape index (κ2) is 8.05. The van der Waals surface area contributed by atoms with Crippen LogP contribution in [0.1, 0.15) is 24.8 Å². The maximum atomic E-state index is 13.3. The third kappa shape index (κ3) is 3.94. The summed E-state index contributed by atoms with van der Waals surface area (Å²) in [4.78, 5) is 16.8. The number of halogens is 2. The molecule has 4 nitrogen and oxygen atoms in total. The summed E-state index contributed by atoms with van der Waals surface area (Å²) in [6.07, 6.45) is 2.97. The average Bonchev–Trinajstić information content (AvgIpc) is 3.18. The Morgan fingerprint density at radius 2 is 2.25 bits per heavy atom. The van der Waals surface area contributed by atoms with Gasteiger partial charge in [0.25, 0.3) is 0 Å². The molecule has 0 unspecified atom stereocenters. The number of carbonyl (C=O) groups excluding carboxylic acids is 1. The summed E-state index contributed by atoms with van der Waals surface area (Å²) in [5.41, 5.74) is 7.91. The van der Waals surface area contributed by atoms with Gasteiger partial charge in [-0.1, -0.05) is 6.42 Å². The summed E-state index contributed by atoms with van der Waals surface area (Å²) in [5, 5.41) is 5.35. The van der Waals surface area contributed by atoms with E-state index in [-0.39, 0.29) is 36.0 Å². The van der Waals surface area contributed by atoms with Gasteiger partial charge in [0.05, 0.1) is 5.69 Å². The Hall–Kier alpha value is -1.50. The fourth-order valence-electron chi connectivity index (χ4n) is 3.13. The average molecular weight is 370 g/mol. The fourth-order valence-corrected chi connectivity index (χ4v) is 3.85. The van der Waals surface area contributed by atoms with Crippen LogP contribution in [0.4, 0.5) is 9.52 Å². The standard InChI is InChI=1S/C17H20FN3OS.ClH/c1-10-7-11(5-6-14(10)18)15-9-23-17(20-15)21-16(22)13-4-2-3-12(13)8-19;/h5-7,9,12-13H,2-4,8,19H2,1H3,(H,20,21,22);1H/t12-,13-;/m1./s1. The van der Waals surface area contributed by atoms with Crippen LogP contribution in [0.3, 0.4) is 0 Å². The van der Waals surface area contributed by atoms with Crippen LogP contribution in [0.5, 0.6) is 0 Å². The molecule has 0 aliphatic heterocycles. The van der Waals surface area contributed by atoms with E-state index in [0.717, 1.165) is 30.5 Å². The van der Waals surface area contributed by atoms with Crippen molar-refractivity contribution < 1.29 is 9.18 Å². The first kappa shape index (κ1) is 18.8. The summed E-state index contributed by atoms with van der Waals surface area (Å²) < 4.78 is 13.3. The van der Waals surface area contributed by atoms with Crippen LogP contribution in [0.2, 0.25) is 0 Å². The normalized spacial score (nSPS) is 19.8. The van der Waals surface area contributed by atoms with Gasteiger partial charge < -0.3 is 11.1 Å². The van der Waals surface area contributed by atoms with Crippen molar-refractivity contribution in [2.45, 2.75) is 26.2 Å². The molecule has 1 aromatic carbocycles. The Labute approximate surface area is 151 Å². The number of aromatic nitrogens is 1. The molecule has 1 amide bonds. The number of thiazole rings is 1.